The highest BCUT2D eigenvalue weighted by molar-refractivity contribution is 6.76. The molecule has 8 nitrogen and oxygen atoms in total. The molecular formula is C40H60O8Si2. The summed E-state index contributed by atoms with van der Waals surface area (Å²) in [5.41, 5.74) is 2.44. The molecule has 1 aliphatic heterocycles. The van der Waals surface area contributed by atoms with E-state index in [4.69, 9.17) is 23.7 Å². The second-order valence-corrected chi connectivity index (χ2v) is 27.5. The first kappa shape index (κ1) is 41.4. The first-order valence-electron chi connectivity index (χ1n) is 17.8. The second kappa shape index (κ2) is 18.0. The van der Waals surface area contributed by atoms with Gasteiger partial charge >= 0.3 is 11.9 Å². The molecule has 0 bridgehead atoms. The molecule has 1 saturated heterocycles. The summed E-state index contributed by atoms with van der Waals surface area (Å²) in [6, 6.07) is 14.5. The zero-order chi connectivity index (χ0) is 37.3. The molecule has 2 aromatic rings. The van der Waals surface area contributed by atoms with Crippen LogP contribution in [0.1, 0.15) is 66.0 Å². The molecule has 0 amide bonds. The van der Waals surface area contributed by atoms with Gasteiger partial charge in [-0.3, -0.25) is 0 Å². The van der Waals surface area contributed by atoms with Crippen molar-refractivity contribution < 1.29 is 38.4 Å². The van der Waals surface area contributed by atoms with Crippen molar-refractivity contribution in [3.05, 3.63) is 82.9 Å². The third-order valence-corrected chi connectivity index (χ3v) is 12.0. The lowest BCUT2D eigenvalue weighted by Crippen LogP contribution is -2.37. The van der Waals surface area contributed by atoms with Crippen molar-refractivity contribution in [1.29, 1.82) is 0 Å². The van der Waals surface area contributed by atoms with E-state index in [9.17, 15) is 14.7 Å². The maximum Gasteiger partial charge on any atom is 0.338 e. The number of rotatable bonds is 17. The van der Waals surface area contributed by atoms with Gasteiger partial charge in [0.2, 0.25) is 0 Å². The average Bonchev–Trinajstić information content (AvgIpc) is 3.31. The summed E-state index contributed by atoms with van der Waals surface area (Å²) < 4.78 is 30.7. The Labute approximate surface area is 302 Å². The lowest BCUT2D eigenvalue weighted by molar-refractivity contribution is -0.152. The first-order valence-corrected chi connectivity index (χ1v) is 25.3. The van der Waals surface area contributed by atoms with Crippen molar-refractivity contribution in [3.8, 4) is 5.75 Å². The summed E-state index contributed by atoms with van der Waals surface area (Å²) in [6.07, 6.45) is 5.42. The van der Waals surface area contributed by atoms with Crippen LogP contribution in [0, 0.1) is 12.8 Å². The zero-order valence-electron chi connectivity index (χ0n) is 32.1. The van der Waals surface area contributed by atoms with Crippen LogP contribution in [-0.4, -0.2) is 76.6 Å². The fraction of sp³-hybridized carbons (Fsp3) is 0.550. The topological polar surface area (TPSA) is 101 Å². The predicted octanol–water partition coefficient (Wildman–Crippen LogP) is 8.93. The minimum Gasteiger partial charge on any atom is -0.494 e. The van der Waals surface area contributed by atoms with Crippen LogP contribution >= 0.6 is 0 Å². The van der Waals surface area contributed by atoms with Crippen LogP contribution in [-0.2, 0) is 18.9 Å². The summed E-state index contributed by atoms with van der Waals surface area (Å²) in [7, 11) is -2.68. The van der Waals surface area contributed by atoms with Gasteiger partial charge in [0.25, 0.3) is 0 Å². The Hall–Kier alpha value is -3.03. The molecular weight excluding hydrogens is 665 g/mol. The van der Waals surface area contributed by atoms with Gasteiger partial charge in [-0.15, -0.1) is 0 Å². The molecule has 0 spiro atoms. The van der Waals surface area contributed by atoms with Crippen molar-refractivity contribution in [2.45, 2.75) is 123 Å². The molecule has 0 saturated carbocycles. The summed E-state index contributed by atoms with van der Waals surface area (Å²) in [4.78, 5) is 26.7. The molecule has 0 aliphatic carbocycles. The summed E-state index contributed by atoms with van der Waals surface area (Å²) in [6.45, 7) is 23.9. The van der Waals surface area contributed by atoms with Crippen LogP contribution in [0.25, 0.3) is 6.08 Å². The minimum atomic E-state index is -1.39. The van der Waals surface area contributed by atoms with Gasteiger partial charge in [-0.2, -0.15) is 0 Å². The number of benzene rings is 2. The van der Waals surface area contributed by atoms with Crippen LogP contribution in [0.2, 0.25) is 51.4 Å². The SMILES string of the molecule is Cc1cc(OCC[Si](C)(C)C)cc(/C=C/C[C@@H]2OC(C)(C)O[C@@H]2C(/C=C\[C@@H](C)[C@H](C)O)OC(=O)c2ccccc2)c1C(=O)OCC[Si](C)(C)C. The van der Waals surface area contributed by atoms with Gasteiger partial charge in [0, 0.05) is 16.1 Å². The van der Waals surface area contributed by atoms with E-state index in [0.29, 0.717) is 42.1 Å². The Morgan fingerprint density at radius 3 is 2.18 bits per heavy atom. The van der Waals surface area contributed by atoms with Gasteiger partial charge in [0.15, 0.2) is 5.79 Å². The fourth-order valence-electron chi connectivity index (χ4n) is 5.35. The van der Waals surface area contributed by atoms with Crippen LogP contribution in [0.5, 0.6) is 5.75 Å². The van der Waals surface area contributed by atoms with E-state index in [0.717, 1.165) is 17.7 Å². The van der Waals surface area contributed by atoms with Crippen molar-refractivity contribution >= 4 is 34.2 Å². The Balaban J connectivity index is 1.92. The number of aryl methyl sites for hydroxylation is 1. The number of ether oxygens (including phenoxy) is 5. The Morgan fingerprint density at radius 1 is 0.920 bits per heavy atom. The molecule has 0 aromatic heterocycles. The standard InChI is InChI=1S/C40H60O8Si2/c1-28(30(3)41)20-21-34(46-38(42)31-16-13-12-14-17-31)37-35(47-40(4,5)48-37)19-15-18-32-27-33(44-22-24-49(6,7)8)26-29(2)36(32)39(43)45-23-25-50(9,10)11/h12-18,20-21,26-28,30,34-35,37,41H,19,22-25H2,1-11H3/b18-15+,21-20-/t28-,30+,34?,35+,37-/m1/s1. The van der Waals surface area contributed by atoms with Crippen LogP contribution < -0.4 is 4.74 Å². The highest BCUT2D eigenvalue weighted by Gasteiger charge is 2.45. The lowest BCUT2D eigenvalue weighted by atomic mass is 9.98. The predicted molar refractivity (Wildman–Crippen MR) is 206 cm³/mol. The molecule has 1 fully saturated rings. The third kappa shape index (κ3) is 13.6. The van der Waals surface area contributed by atoms with Crippen LogP contribution in [0.3, 0.4) is 0 Å². The van der Waals surface area contributed by atoms with Crippen molar-refractivity contribution in [2.24, 2.45) is 5.92 Å². The fourth-order valence-corrected chi connectivity index (χ4v) is 6.78. The molecule has 2 aromatic carbocycles. The minimum absolute atomic E-state index is 0.172. The first-order chi connectivity index (χ1) is 23.2. The van der Waals surface area contributed by atoms with E-state index in [1.165, 1.54) is 0 Å². The third-order valence-electron chi connectivity index (χ3n) is 8.58. The van der Waals surface area contributed by atoms with E-state index in [1.807, 2.05) is 64.1 Å². The molecule has 10 heteroatoms. The maximum absolute atomic E-state index is 13.5. The molecule has 0 radical (unpaired) electrons. The molecule has 1 unspecified atom stereocenters. The lowest BCUT2D eigenvalue weighted by Gasteiger charge is -2.25. The van der Waals surface area contributed by atoms with E-state index in [-0.39, 0.29) is 11.9 Å². The highest BCUT2D eigenvalue weighted by atomic mass is 28.3. The van der Waals surface area contributed by atoms with Gasteiger partial charge in [-0.05, 0) is 93.6 Å². The van der Waals surface area contributed by atoms with Gasteiger partial charge in [-0.25, -0.2) is 9.59 Å². The van der Waals surface area contributed by atoms with Crippen molar-refractivity contribution in [3.63, 3.8) is 0 Å². The normalized spacial score (nSPS) is 19.8. The second-order valence-electron chi connectivity index (χ2n) is 16.3. The zero-order valence-corrected chi connectivity index (χ0v) is 34.1. The molecule has 3 rings (SSSR count). The average molecular weight is 725 g/mol. The van der Waals surface area contributed by atoms with E-state index < -0.39 is 52.3 Å². The van der Waals surface area contributed by atoms with Crippen molar-refractivity contribution in [2.75, 3.05) is 13.2 Å². The number of hydrogen-bond acceptors (Lipinski definition) is 8. The quantitative estimate of drug-likeness (QED) is 0.0981. The van der Waals surface area contributed by atoms with Gasteiger partial charge in [-0.1, -0.05) is 82.6 Å². The highest BCUT2D eigenvalue weighted by Crippen LogP contribution is 2.34. The number of esters is 2. The monoisotopic (exact) mass is 724 g/mol. The smallest absolute Gasteiger partial charge is 0.338 e. The Kier molecular flexibility index (Phi) is 14.9. The molecule has 1 aliphatic rings. The van der Waals surface area contributed by atoms with Crippen molar-refractivity contribution in [1.82, 2.24) is 0 Å². The maximum atomic E-state index is 13.5. The van der Waals surface area contributed by atoms with Crippen LogP contribution in [0.4, 0.5) is 0 Å². The number of carbonyl (C=O) groups excluding carboxylic acids is 2. The molecule has 276 valence electrons. The van der Waals surface area contributed by atoms with E-state index >= 15 is 0 Å². The summed E-state index contributed by atoms with van der Waals surface area (Å²) in [5, 5.41) is 10.1. The molecule has 1 heterocycles. The Morgan fingerprint density at radius 2 is 1.56 bits per heavy atom. The Bertz CT molecular complexity index is 1470. The molecule has 50 heavy (non-hydrogen) atoms. The molecule has 5 atom stereocenters. The number of aliphatic hydroxyl groups is 1. The van der Waals surface area contributed by atoms with Crippen LogP contribution in [0.15, 0.2) is 60.7 Å². The number of hydrogen-bond donors (Lipinski definition) is 1. The number of aliphatic hydroxyl groups excluding tert-OH is 1. The largest absolute Gasteiger partial charge is 0.494 e. The summed E-state index contributed by atoms with van der Waals surface area (Å²) in [5.74, 6) is -1.22. The summed E-state index contributed by atoms with van der Waals surface area (Å²) >= 11 is 0. The molecule has 1 N–H and O–H groups in total. The van der Waals surface area contributed by atoms with Gasteiger partial charge in [0.05, 0.1) is 36.5 Å². The van der Waals surface area contributed by atoms with E-state index in [1.54, 1.807) is 37.3 Å². The van der Waals surface area contributed by atoms with E-state index in [2.05, 4.69) is 39.3 Å². The number of carbonyl (C=O) groups is 2. The van der Waals surface area contributed by atoms with Gasteiger partial charge in [0.1, 0.15) is 18.0 Å². The van der Waals surface area contributed by atoms with Gasteiger partial charge < -0.3 is 28.8 Å².